The van der Waals surface area contributed by atoms with Gasteiger partial charge in [0.1, 0.15) is 0 Å². The molecule has 0 aliphatic heterocycles. The van der Waals surface area contributed by atoms with Crippen LogP contribution in [0.5, 0.6) is 0 Å². The standard InChI is InChI=1S/C11H17N3O3S2/c1-17-8-7-13-19(15,16)14-9-11-5-4-10(18-11)3-2-6-12/h4-5,13-14H,6-9,12H2,1H3. The molecule has 0 amide bonds. The quantitative estimate of drug-likeness (QED) is 0.473. The summed E-state index contributed by atoms with van der Waals surface area (Å²) in [4.78, 5) is 1.76. The van der Waals surface area contributed by atoms with Gasteiger partial charge in [-0.15, -0.1) is 11.3 Å². The number of nitrogens with two attached hydrogens (primary N) is 1. The smallest absolute Gasteiger partial charge is 0.277 e. The summed E-state index contributed by atoms with van der Waals surface area (Å²) >= 11 is 1.43. The number of thiophene rings is 1. The van der Waals surface area contributed by atoms with Gasteiger partial charge in [0.05, 0.1) is 18.0 Å². The zero-order chi connectivity index (χ0) is 14.1. The number of rotatable bonds is 7. The highest BCUT2D eigenvalue weighted by atomic mass is 32.2. The lowest BCUT2D eigenvalue weighted by Crippen LogP contribution is -2.37. The van der Waals surface area contributed by atoms with Gasteiger partial charge in [0, 0.05) is 25.1 Å². The molecule has 0 unspecified atom stereocenters. The summed E-state index contributed by atoms with van der Waals surface area (Å²) < 4.78 is 32.7. The van der Waals surface area contributed by atoms with Gasteiger partial charge in [0.25, 0.3) is 10.2 Å². The lowest BCUT2D eigenvalue weighted by atomic mass is 10.4. The third-order valence-corrected chi connectivity index (χ3v) is 4.12. The second kappa shape index (κ2) is 8.27. The van der Waals surface area contributed by atoms with Gasteiger partial charge < -0.3 is 10.5 Å². The van der Waals surface area contributed by atoms with Crippen molar-refractivity contribution in [2.75, 3.05) is 26.8 Å². The molecule has 0 aliphatic carbocycles. The topological polar surface area (TPSA) is 93.4 Å². The number of nitrogens with one attached hydrogen (secondary N) is 2. The van der Waals surface area contributed by atoms with E-state index in [1.54, 1.807) is 0 Å². The summed E-state index contributed by atoms with van der Waals surface area (Å²) in [6.45, 7) is 1.11. The third-order valence-electron chi connectivity index (χ3n) is 2.01. The molecule has 6 nitrogen and oxygen atoms in total. The predicted octanol–water partition coefficient (Wildman–Crippen LogP) is -0.371. The molecule has 0 saturated heterocycles. The molecule has 8 heteroatoms. The Bertz CT molecular complexity index is 543. The summed E-state index contributed by atoms with van der Waals surface area (Å²) in [6.07, 6.45) is 0. The largest absolute Gasteiger partial charge is 0.383 e. The van der Waals surface area contributed by atoms with E-state index in [2.05, 4.69) is 21.3 Å². The third kappa shape index (κ3) is 6.68. The minimum Gasteiger partial charge on any atom is -0.383 e. The Kier molecular flexibility index (Phi) is 7.01. The SMILES string of the molecule is COCCNS(=O)(=O)NCc1ccc(C#CCN)s1. The van der Waals surface area contributed by atoms with Crippen molar-refractivity contribution in [3.05, 3.63) is 21.9 Å². The molecule has 0 spiro atoms. The zero-order valence-electron chi connectivity index (χ0n) is 10.6. The summed E-state index contributed by atoms with van der Waals surface area (Å²) in [5.41, 5.74) is 5.28. The summed E-state index contributed by atoms with van der Waals surface area (Å²) in [5.74, 6) is 5.65. The molecule has 19 heavy (non-hydrogen) atoms. The molecule has 0 aliphatic rings. The fourth-order valence-electron chi connectivity index (χ4n) is 1.17. The molecule has 0 fully saturated rings. The van der Waals surface area contributed by atoms with Gasteiger partial charge in [-0.1, -0.05) is 11.8 Å². The molecule has 0 bridgehead atoms. The van der Waals surface area contributed by atoms with Gasteiger partial charge in [-0.25, -0.2) is 0 Å². The molecule has 0 atom stereocenters. The predicted molar refractivity (Wildman–Crippen MR) is 75.9 cm³/mol. The van der Waals surface area contributed by atoms with E-state index in [0.29, 0.717) is 13.2 Å². The zero-order valence-corrected chi connectivity index (χ0v) is 12.2. The highest BCUT2D eigenvalue weighted by Gasteiger charge is 2.08. The summed E-state index contributed by atoms with van der Waals surface area (Å²) in [6, 6.07) is 3.68. The minimum absolute atomic E-state index is 0.233. The fourth-order valence-corrected chi connectivity index (χ4v) is 2.89. The van der Waals surface area contributed by atoms with Gasteiger partial charge in [-0.3, -0.25) is 0 Å². The van der Waals surface area contributed by atoms with Crippen LogP contribution in [0.15, 0.2) is 12.1 Å². The number of ether oxygens (including phenoxy) is 1. The Morgan fingerprint density at radius 3 is 2.89 bits per heavy atom. The molecule has 1 heterocycles. The van der Waals surface area contributed by atoms with E-state index >= 15 is 0 Å². The molecule has 1 rings (SSSR count). The van der Waals surface area contributed by atoms with Crippen molar-refractivity contribution >= 4 is 21.5 Å². The molecule has 0 radical (unpaired) electrons. The van der Waals surface area contributed by atoms with Crippen molar-refractivity contribution < 1.29 is 13.2 Å². The summed E-state index contributed by atoms with van der Waals surface area (Å²) in [7, 11) is -1.98. The van der Waals surface area contributed by atoms with Crippen molar-refractivity contribution in [3.63, 3.8) is 0 Å². The van der Waals surface area contributed by atoms with Crippen LogP contribution < -0.4 is 15.2 Å². The van der Waals surface area contributed by atoms with E-state index in [1.807, 2.05) is 12.1 Å². The average molecular weight is 303 g/mol. The average Bonchev–Trinajstić information content (AvgIpc) is 2.82. The molecule has 0 aromatic carbocycles. The summed E-state index contributed by atoms with van der Waals surface area (Å²) in [5, 5.41) is 0. The van der Waals surface area contributed by atoms with E-state index in [-0.39, 0.29) is 13.1 Å². The van der Waals surface area contributed by atoms with E-state index in [9.17, 15) is 8.42 Å². The van der Waals surface area contributed by atoms with Crippen LogP contribution in [0.3, 0.4) is 0 Å². The van der Waals surface area contributed by atoms with Crippen molar-refractivity contribution in [1.82, 2.24) is 9.44 Å². The molecular weight excluding hydrogens is 286 g/mol. The number of hydrogen-bond donors (Lipinski definition) is 3. The Hall–Kier alpha value is -0.950. The minimum atomic E-state index is -3.49. The molecule has 1 aromatic rings. The van der Waals surface area contributed by atoms with Crippen molar-refractivity contribution in [1.29, 1.82) is 0 Å². The monoisotopic (exact) mass is 303 g/mol. The van der Waals surface area contributed by atoms with E-state index in [4.69, 9.17) is 10.5 Å². The van der Waals surface area contributed by atoms with Crippen molar-refractivity contribution in [2.45, 2.75) is 6.54 Å². The fraction of sp³-hybridized carbons (Fsp3) is 0.455. The maximum Gasteiger partial charge on any atom is 0.277 e. The normalized spacial score (nSPS) is 11.1. The van der Waals surface area contributed by atoms with Crippen LogP contribution in [-0.4, -0.2) is 35.2 Å². The molecular formula is C11H17N3O3S2. The maximum absolute atomic E-state index is 11.5. The highest BCUT2D eigenvalue weighted by molar-refractivity contribution is 7.87. The van der Waals surface area contributed by atoms with Crippen LogP contribution in [0, 0.1) is 11.8 Å². The first-order valence-corrected chi connectivity index (χ1v) is 7.88. The first-order chi connectivity index (χ1) is 9.07. The van der Waals surface area contributed by atoms with Crippen LogP contribution in [0.4, 0.5) is 0 Å². The maximum atomic E-state index is 11.5. The second-order valence-corrected chi connectivity index (χ2v) is 6.24. The molecule has 1 aromatic heterocycles. The Labute approximate surface area is 117 Å². The van der Waals surface area contributed by atoms with Gasteiger partial charge in [0.15, 0.2) is 0 Å². The van der Waals surface area contributed by atoms with E-state index in [0.717, 1.165) is 9.75 Å². The Morgan fingerprint density at radius 1 is 1.42 bits per heavy atom. The van der Waals surface area contributed by atoms with E-state index in [1.165, 1.54) is 18.4 Å². The van der Waals surface area contributed by atoms with Crippen molar-refractivity contribution in [2.24, 2.45) is 5.73 Å². The van der Waals surface area contributed by atoms with Crippen LogP contribution in [0.25, 0.3) is 0 Å². The first-order valence-electron chi connectivity index (χ1n) is 5.58. The van der Waals surface area contributed by atoms with Crippen LogP contribution in [0.1, 0.15) is 9.75 Å². The van der Waals surface area contributed by atoms with Crippen molar-refractivity contribution in [3.8, 4) is 11.8 Å². The van der Waals surface area contributed by atoms with E-state index < -0.39 is 10.2 Å². The molecule has 0 saturated carbocycles. The molecule has 4 N–H and O–H groups in total. The van der Waals surface area contributed by atoms with Crippen LogP contribution in [-0.2, 0) is 21.5 Å². The number of methoxy groups -OCH3 is 1. The van der Waals surface area contributed by atoms with Crippen LogP contribution >= 0.6 is 11.3 Å². The van der Waals surface area contributed by atoms with Gasteiger partial charge in [0.2, 0.25) is 0 Å². The van der Waals surface area contributed by atoms with Gasteiger partial charge in [-0.2, -0.15) is 17.9 Å². The van der Waals surface area contributed by atoms with Gasteiger partial charge >= 0.3 is 0 Å². The second-order valence-electron chi connectivity index (χ2n) is 3.48. The lowest BCUT2D eigenvalue weighted by Gasteiger charge is -2.06. The Morgan fingerprint density at radius 2 is 2.21 bits per heavy atom. The van der Waals surface area contributed by atoms with Gasteiger partial charge in [-0.05, 0) is 12.1 Å². The number of hydrogen-bond acceptors (Lipinski definition) is 5. The Balaban J connectivity index is 2.45. The lowest BCUT2D eigenvalue weighted by molar-refractivity contribution is 0.204. The van der Waals surface area contributed by atoms with Crippen LogP contribution in [0.2, 0.25) is 0 Å². The first kappa shape index (κ1) is 16.1. The molecule has 106 valence electrons. The highest BCUT2D eigenvalue weighted by Crippen LogP contribution is 2.15.